The minimum absolute atomic E-state index is 0. The number of aliphatic carboxylic acids is 1. The number of Topliss-reactive ketones (excluding diaryl/α,β-unsaturated/α-hetero) is 1. The van der Waals surface area contributed by atoms with Crippen molar-refractivity contribution in [2.24, 2.45) is 5.92 Å². The molecule has 3 nitrogen and oxygen atoms in total. The number of rotatable bonds is 2. The molecule has 4 heteroatoms. The van der Waals surface area contributed by atoms with Crippen LogP contribution in [-0.2, 0) is 9.59 Å². The van der Waals surface area contributed by atoms with Crippen LogP contribution in [0.15, 0.2) is 0 Å². The first kappa shape index (κ1) is 12.5. The van der Waals surface area contributed by atoms with Crippen molar-refractivity contribution < 1.29 is 14.7 Å². The van der Waals surface area contributed by atoms with E-state index in [9.17, 15) is 9.59 Å². The van der Waals surface area contributed by atoms with E-state index < -0.39 is 17.7 Å². The van der Waals surface area contributed by atoms with Crippen LogP contribution < -0.4 is 0 Å². The Kier molecular flexibility index (Phi) is 7.68. The van der Waals surface area contributed by atoms with Gasteiger partial charge in [0.25, 0.3) is 0 Å². The standard InChI is InChI=1S/C5H8O3.K.H/c1-3(2)4(6)5(7)8;;/h3H,1-2H3,(H,7,8);;. The Balaban J connectivity index is 0. The maximum atomic E-state index is 10.2. The fraction of sp³-hybridized carbons (Fsp3) is 0.600. The zero-order valence-corrected chi connectivity index (χ0v) is 4.84. The van der Waals surface area contributed by atoms with Crippen molar-refractivity contribution >= 4 is 63.1 Å². The van der Waals surface area contributed by atoms with Gasteiger partial charge in [-0.3, -0.25) is 4.79 Å². The van der Waals surface area contributed by atoms with E-state index in [0.717, 1.165) is 0 Å². The molecule has 48 valence electrons. The van der Waals surface area contributed by atoms with Gasteiger partial charge in [0, 0.05) is 5.92 Å². The molecule has 0 radical (unpaired) electrons. The number of carbonyl (C=O) groups excluding carboxylic acids is 1. The molecule has 0 aliphatic heterocycles. The van der Waals surface area contributed by atoms with Gasteiger partial charge in [0.15, 0.2) is 0 Å². The summed E-state index contributed by atoms with van der Waals surface area (Å²) in [4.78, 5) is 20.0. The molecule has 0 aliphatic rings. The molecule has 0 fully saturated rings. The van der Waals surface area contributed by atoms with Crippen LogP contribution in [0.2, 0.25) is 0 Å². The number of carboxylic acid groups (broad SMARTS) is 1. The number of hydrogen-bond donors (Lipinski definition) is 1. The van der Waals surface area contributed by atoms with Crippen LogP contribution in [0.4, 0.5) is 0 Å². The van der Waals surface area contributed by atoms with Gasteiger partial charge >= 0.3 is 57.4 Å². The Hall–Kier alpha value is 0.776. The molecule has 0 unspecified atom stereocenters. The summed E-state index contributed by atoms with van der Waals surface area (Å²) in [6.45, 7) is 3.10. The first-order valence-corrected chi connectivity index (χ1v) is 2.33. The summed E-state index contributed by atoms with van der Waals surface area (Å²) in [7, 11) is 0. The number of ketones is 1. The van der Waals surface area contributed by atoms with Crippen molar-refractivity contribution in [1.29, 1.82) is 0 Å². The van der Waals surface area contributed by atoms with E-state index in [-0.39, 0.29) is 51.4 Å². The Morgan fingerprint density at radius 1 is 1.33 bits per heavy atom. The Bertz CT molecular complexity index is 119. The molecular weight excluding hydrogens is 147 g/mol. The Morgan fingerprint density at radius 3 is 1.67 bits per heavy atom. The second-order valence-electron chi connectivity index (χ2n) is 1.82. The molecule has 1 N–H and O–H groups in total. The topological polar surface area (TPSA) is 54.4 Å². The van der Waals surface area contributed by atoms with Crippen LogP contribution >= 0.6 is 0 Å². The van der Waals surface area contributed by atoms with E-state index in [4.69, 9.17) is 5.11 Å². The Morgan fingerprint density at radius 2 is 1.67 bits per heavy atom. The average Bonchev–Trinajstić information content (AvgIpc) is 1.64. The third kappa shape index (κ3) is 5.23. The molecule has 0 saturated carbocycles. The van der Waals surface area contributed by atoms with Gasteiger partial charge in [-0.15, -0.1) is 0 Å². The van der Waals surface area contributed by atoms with Gasteiger partial charge in [0.05, 0.1) is 0 Å². The van der Waals surface area contributed by atoms with Crippen LogP contribution in [0.25, 0.3) is 0 Å². The van der Waals surface area contributed by atoms with Crippen molar-refractivity contribution in [3.63, 3.8) is 0 Å². The summed E-state index contributed by atoms with van der Waals surface area (Å²) in [5.41, 5.74) is 0. The van der Waals surface area contributed by atoms with Crippen LogP contribution in [0, 0.1) is 5.92 Å². The minimum atomic E-state index is -1.35. The van der Waals surface area contributed by atoms with E-state index in [0.29, 0.717) is 0 Å². The van der Waals surface area contributed by atoms with Crippen molar-refractivity contribution in [1.82, 2.24) is 0 Å². The van der Waals surface area contributed by atoms with Gasteiger partial charge < -0.3 is 5.11 Å². The van der Waals surface area contributed by atoms with Gasteiger partial charge in [-0.25, -0.2) is 4.79 Å². The predicted molar refractivity (Wildman–Crippen MR) is 34.6 cm³/mol. The Labute approximate surface area is 96.2 Å². The zero-order chi connectivity index (χ0) is 6.73. The van der Waals surface area contributed by atoms with Gasteiger partial charge in [-0.2, -0.15) is 0 Å². The van der Waals surface area contributed by atoms with E-state index in [1.165, 1.54) is 0 Å². The first-order chi connectivity index (χ1) is 3.55. The molecule has 0 saturated heterocycles. The molecule has 0 amide bonds. The van der Waals surface area contributed by atoms with Gasteiger partial charge in [-0.05, 0) is 0 Å². The summed E-state index contributed by atoms with van der Waals surface area (Å²) < 4.78 is 0. The molecule has 0 bridgehead atoms. The summed E-state index contributed by atoms with van der Waals surface area (Å²) in [6, 6.07) is 0. The first-order valence-electron chi connectivity index (χ1n) is 2.33. The summed E-state index contributed by atoms with van der Waals surface area (Å²) in [6.07, 6.45) is 0. The SMILES string of the molecule is CC(C)C(=O)C(=O)O.[KH]. The van der Waals surface area contributed by atoms with Crippen molar-refractivity contribution in [3.05, 3.63) is 0 Å². The molecule has 9 heavy (non-hydrogen) atoms. The monoisotopic (exact) mass is 156 g/mol. The summed E-state index contributed by atoms with van der Waals surface area (Å²) in [5.74, 6) is -2.47. The zero-order valence-electron chi connectivity index (χ0n) is 4.84. The van der Waals surface area contributed by atoms with E-state index in [1.54, 1.807) is 13.8 Å². The van der Waals surface area contributed by atoms with E-state index in [1.807, 2.05) is 0 Å². The van der Waals surface area contributed by atoms with Crippen LogP contribution in [0.5, 0.6) is 0 Å². The average molecular weight is 156 g/mol. The second kappa shape index (κ2) is 5.55. The van der Waals surface area contributed by atoms with Crippen molar-refractivity contribution in [3.8, 4) is 0 Å². The molecule has 0 heterocycles. The van der Waals surface area contributed by atoms with Crippen LogP contribution in [0.3, 0.4) is 0 Å². The molecule has 0 aromatic carbocycles. The van der Waals surface area contributed by atoms with Gasteiger partial charge in [-0.1, -0.05) is 13.8 Å². The molecule has 0 atom stereocenters. The molecule has 0 aromatic heterocycles. The molecule has 0 aromatic rings. The fourth-order valence-electron chi connectivity index (χ4n) is 0.247. The summed E-state index contributed by atoms with van der Waals surface area (Å²) in [5, 5.41) is 8.00. The van der Waals surface area contributed by atoms with Crippen LogP contribution in [-0.4, -0.2) is 68.2 Å². The van der Waals surface area contributed by atoms with E-state index >= 15 is 0 Å². The third-order valence-electron chi connectivity index (χ3n) is 0.735. The fourth-order valence-corrected chi connectivity index (χ4v) is 0.247. The molecule has 0 spiro atoms. The van der Waals surface area contributed by atoms with Crippen molar-refractivity contribution in [2.45, 2.75) is 13.8 Å². The molecular formula is C5H9KO3. The predicted octanol–water partition coefficient (Wildman–Crippen LogP) is -0.352. The number of carboxylic acids is 1. The summed E-state index contributed by atoms with van der Waals surface area (Å²) >= 11 is 0. The second-order valence-corrected chi connectivity index (χ2v) is 1.82. The van der Waals surface area contributed by atoms with Crippen molar-refractivity contribution in [2.75, 3.05) is 0 Å². The maximum absolute atomic E-state index is 10.2. The number of carbonyl (C=O) groups is 2. The third-order valence-corrected chi connectivity index (χ3v) is 0.735. The van der Waals surface area contributed by atoms with Gasteiger partial charge in [0.2, 0.25) is 5.78 Å². The quantitative estimate of drug-likeness (QED) is 0.439. The number of hydrogen-bond acceptors (Lipinski definition) is 2. The van der Waals surface area contributed by atoms with Crippen LogP contribution in [0.1, 0.15) is 13.8 Å². The van der Waals surface area contributed by atoms with E-state index in [2.05, 4.69) is 0 Å². The molecule has 0 aliphatic carbocycles. The van der Waals surface area contributed by atoms with Gasteiger partial charge in [0.1, 0.15) is 0 Å². The molecule has 0 rings (SSSR count). The normalized spacial score (nSPS) is 8.33.